The predicted octanol–water partition coefficient (Wildman–Crippen LogP) is 4.58. The van der Waals surface area contributed by atoms with Gasteiger partial charge in [0.15, 0.2) is 0 Å². The van der Waals surface area contributed by atoms with E-state index >= 15 is 0 Å². The molecule has 0 aromatic carbocycles. The highest BCUT2D eigenvalue weighted by Crippen LogP contribution is 2.38. The first-order chi connectivity index (χ1) is 12.9. The zero-order chi connectivity index (χ0) is 19.1. The van der Waals surface area contributed by atoms with Crippen LogP contribution in [0.15, 0.2) is 12.3 Å². The van der Waals surface area contributed by atoms with Gasteiger partial charge >= 0.3 is 0 Å². The molecule has 0 aliphatic heterocycles. The van der Waals surface area contributed by atoms with Crippen LogP contribution in [0.2, 0.25) is 0 Å². The van der Waals surface area contributed by atoms with E-state index in [-0.39, 0.29) is 0 Å². The Bertz CT molecular complexity index is 980. The Kier molecular flexibility index (Phi) is 4.72. The molecule has 3 heterocycles. The molecular weight excluding hydrogens is 356 g/mol. The van der Waals surface area contributed by atoms with Crippen molar-refractivity contribution in [3.05, 3.63) is 23.7 Å². The van der Waals surface area contributed by atoms with Crippen LogP contribution in [0.3, 0.4) is 0 Å². The first-order valence-corrected chi connectivity index (χ1v) is 10.4. The van der Waals surface area contributed by atoms with E-state index in [1.54, 1.807) is 11.3 Å². The van der Waals surface area contributed by atoms with Gasteiger partial charge in [-0.2, -0.15) is 4.98 Å². The van der Waals surface area contributed by atoms with Crippen molar-refractivity contribution in [1.82, 2.24) is 19.9 Å². The lowest BCUT2D eigenvalue weighted by molar-refractivity contribution is 0.393. The van der Waals surface area contributed by atoms with E-state index in [4.69, 9.17) is 10.7 Å². The van der Waals surface area contributed by atoms with Gasteiger partial charge in [-0.25, -0.2) is 9.97 Å². The molecule has 3 aromatic rings. The minimum Gasteiger partial charge on any atom is -0.368 e. The van der Waals surface area contributed by atoms with Crippen molar-refractivity contribution in [2.24, 2.45) is 11.8 Å². The van der Waals surface area contributed by atoms with Gasteiger partial charge < -0.3 is 11.1 Å². The van der Waals surface area contributed by atoms with Crippen molar-refractivity contribution in [1.29, 1.82) is 0 Å². The Labute approximate surface area is 163 Å². The number of thiazole rings is 1. The standard InChI is InChI=1S/C20H26N6S/c1-10(2)13-5-6-14(9-13)24-18-16(11(3)23-20(21)26-18)19-25-17-12(4)22-8-7-15(17)27-19/h7-8,10,13-14H,5-6,9H2,1-4H3,(H3,21,23,24,26)/t13-,14+/m1/s1. The molecule has 7 heteroatoms. The summed E-state index contributed by atoms with van der Waals surface area (Å²) in [6, 6.07) is 2.43. The van der Waals surface area contributed by atoms with Crippen LogP contribution < -0.4 is 11.1 Å². The molecule has 0 radical (unpaired) electrons. The van der Waals surface area contributed by atoms with Crippen molar-refractivity contribution < 1.29 is 0 Å². The monoisotopic (exact) mass is 382 g/mol. The molecule has 0 saturated heterocycles. The minimum absolute atomic E-state index is 0.302. The van der Waals surface area contributed by atoms with Crippen LogP contribution in [0, 0.1) is 25.7 Å². The number of fused-ring (bicyclic) bond motifs is 1. The normalized spacial score (nSPS) is 19.9. The molecule has 1 aliphatic rings. The Morgan fingerprint density at radius 3 is 2.67 bits per heavy atom. The van der Waals surface area contributed by atoms with Gasteiger partial charge in [0, 0.05) is 12.2 Å². The summed E-state index contributed by atoms with van der Waals surface area (Å²) in [6.45, 7) is 8.58. The van der Waals surface area contributed by atoms with Gasteiger partial charge in [-0.1, -0.05) is 13.8 Å². The van der Waals surface area contributed by atoms with Gasteiger partial charge in [0.05, 0.1) is 21.7 Å². The number of nitrogen functional groups attached to an aromatic ring is 1. The summed E-state index contributed by atoms with van der Waals surface area (Å²) in [5, 5.41) is 4.57. The molecule has 0 bridgehead atoms. The van der Waals surface area contributed by atoms with Crippen molar-refractivity contribution in [3.8, 4) is 10.6 Å². The summed E-state index contributed by atoms with van der Waals surface area (Å²) in [4.78, 5) is 18.1. The Hall–Kier alpha value is -2.28. The van der Waals surface area contributed by atoms with Gasteiger partial charge in [0.1, 0.15) is 16.3 Å². The number of aryl methyl sites for hydroxylation is 2. The average molecular weight is 383 g/mol. The summed E-state index contributed by atoms with van der Waals surface area (Å²) in [5.41, 5.74) is 9.66. The van der Waals surface area contributed by atoms with Crippen LogP contribution in [0.5, 0.6) is 0 Å². The molecule has 142 valence electrons. The number of pyridine rings is 1. The predicted molar refractivity (Wildman–Crippen MR) is 112 cm³/mol. The Morgan fingerprint density at radius 2 is 1.96 bits per heavy atom. The Balaban J connectivity index is 1.73. The fourth-order valence-electron chi connectivity index (χ4n) is 3.99. The largest absolute Gasteiger partial charge is 0.368 e. The molecule has 4 rings (SSSR count). The van der Waals surface area contributed by atoms with Gasteiger partial charge in [0.2, 0.25) is 5.95 Å². The number of aromatic nitrogens is 4. The quantitative estimate of drug-likeness (QED) is 0.686. The highest BCUT2D eigenvalue weighted by molar-refractivity contribution is 7.21. The molecule has 6 nitrogen and oxygen atoms in total. The number of nitrogens with one attached hydrogen (secondary N) is 1. The first-order valence-electron chi connectivity index (χ1n) is 9.55. The number of nitrogens with zero attached hydrogens (tertiary/aromatic N) is 4. The molecule has 3 N–H and O–H groups in total. The van der Waals surface area contributed by atoms with E-state index in [1.807, 2.05) is 26.1 Å². The van der Waals surface area contributed by atoms with E-state index in [2.05, 4.69) is 34.1 Å². The number of anilines is 2. The van der Waals surface area contributed by atoms with Crippen LogP contribution in [0.25, 0.3) is 20.8 Å². The minimum atomic E-state index is 0.302. The summed E-state index contributed by atoms with van der Waals surface area (Å²) in [7, 11) is 0. The zero-order valence-corrected chi connectivity index (χ0v) is 17.1. The Morgan fingerprint density at radius 1 is 1.15 bits per heavy atom. The van der Waals surface area contributed by atoms with Gasteiger partial charge in [-0.15, -0.1) is 11.3 Å². The van der Waals surface area contributed by atoms with Gasteiger partial charge in [-0.05, 0) is 51.0 Å². The summed E-state index contributed by atoms with van der Waals surface area (Å²) in [6.07, 6.45) is 5.42. The maximum atomic E-state index is 5.97. The third-order valence-electron chi connectivity index (χ3n) is 5.57. The first kappa shape index (κ1) is 18.1. The van der Waals surface area contributed by atoms with E-state index in [0.717, 1.165) is 50.3 Å². The average Bonchev–Trinajstić information content (AvgIpc) is 3.22. The van der Waals surface area contributed by atoms with E-state index < -0.39 is 0 Å². The fourth-order valence-corrected chi connectivity index (χ4v) is 5.10. The smallest absolute Gasteiger partial charge is 0.222 e. The van der Waals surface area contributed by atoms with Crippen molar-refractivity contribution in [3.63, 3.8) is 0 Å². The van der Waals surface area contributed by atoms with Crippen molar-refractivity contribution >= 4 is 33.3 Å². The summed E-state index contributed by atoms with van der Waals surface area (Å²) >= 11 is 1.65. The highest BCUT2D eigenvalue weighted by atomic mass is 32.1. The molecule has 0 spiro atoms. The summed E-state index contributed by atoms with van der Waals surface area (Å²) in [5.74, 6) is 2.59. The van der Waals surface area contributed by atoms with Crippen LogP contribution in [-0.4, -0.2) is 26.0 Å². The number of nitrogens with two attached hydrogens (primary N) is 1. The second-order valence-electron chi connectivity index (χ2n) is 7.81. The molecule has 1 saturated carbocycles. The second kappa shape index (κ2) is 7.03. The molecule has 27 heavy (non-hydrogen) atoms. The summed E-state index contributed by atoms with van der Waals surface area (Å²) < 4.78 is 1.13. The maximum absolute atomic E-state index is 5.97. The molecular formula is C20H26N6S. The highest BCUT2D eigenvalue weighted by Gasteiger charge is 2.28. The van der Waals surface area contributed by atoms with Gasteiger partial charge in [0.25, 0.3) is 0 Å². The van der Waals surface area contributed by atoms with Crippen LogP contribution >= 0.6 is 11.3 Å². The number of hydrogen-bond donors (Lipinski definition) is 2. The van der Waals surface area contributed by atoms with Crippen LogP contribution in [0.1, 0.15) is 44.5 Å². The van der Waals surface area contributed by atoms with Gasteiger partial charge in [-0.3, -0.25) is 4.98 Å². The van der Waals surface area contributed by atoms with E-state index in [9.17, 15) is 0 Å². The lowest BCUT2D eigenvalue weighted by Gasteiger charge is -2.18. The zero-order valence-electron chi connectivity index (χ0n) is 16.3. The maximum Gasteiger partial charge on any atom is 0.222 e. The molecule has 1 fully saturated rings. The molecule has 0 unspecified atom stereocenters. The van der Waals surface area contributed by atoms with E-state index in [1.165, 1.54) is 12.8 Å². The number of hydrogen-bond acceptors (Lipinski definition) is 7. The third-order valence-corrected chi connectivity index (χ3v) is 6.61. The van der Waals surface area contributed by atoms with Crippen LogP contribution in [-0.2, 0) is 0 Å². The fraction of sp³-hybridized carbons (Fsp3) is 0.500. The second-order valence-corrected chi connectivity index (χ2v) is 8.84. The molecule has 2 atom stereocenters. The van der Waals surface area contributed by atoms with Crippen LogP contribution in [0.4, 0.5) is 11.8 Å². The molecule has 1 aliphatic carbocycles. The third kappa shape index (κ3) is 3.48. The topological polar surface area (TPSA) is 89.6 Å². The lowest BCUT2D eigenvalue weighted by Crippen LogP contribution is -2.19. The van der Waals surface area contributed by atoms with E-state index in [0.29, 0.717) is 17.9 Å². The van der Waals surface area contributed by atoms with Crippen molar-refractivity contribution in [2.75, 3.05) is 11.1 Å². The van der Waals surface area contributed by atoms with Crippen molar-refractivity contribution in [2.45, 2.75) is 53.0 Å². The number of rotatable bonds is 4. The molecule has 0 amide bonds. The SMILES string of the molecule is Cc1nc(N)nc(N[C@H]2CC[C@@H](C(C)C)C2)c1-c1nc2c(C)nccc2s1. The lowest BCUT2D eigenvalue weighted by atomic mass is 9.94. The molecule has 3 aromatic heterocycles.